The predicted molar refractivity (Wildman–Crippen MR) is 86.6 cm³/mol. The molecular weight excluding hydrogens is 314 g/mol. The number of carbonyl (C=O) groups is 1. The SMILES string of the molecule is O=C(c1cc(C2CC2)[nH]n1)N1CCO[C@H](c2ccccc2Cl)C1. The summed E-state index contributed by atoms with van der Waals surface area (Å²) in [4.78, 5) is 14.5. The van der Waals surface area contributed by atoms with Crippen molar-refractivity contribution in [3.8, 4) is 0 Å². The van der Waals surface area contributed by atoms with E-state index in [0.29, 0.717) is 36.3 Å². The van der Waals surface area contributed by atoms with Crippen molar-refractivity contribution in [1.82, 2.24) is 15.1 Å². The van der Waals surface area contributed by atoms with E-state index in [1.807, 2.05) is 30.3 Å². The molecule has 0 spiro atoms. The third-order valence-corrected chi connectivity index (χ3v) is 4.78. The van der Waals surface area contributed by atoms with Crippen LogP contribution in [0.15, 0.2) is 30.3 Å². The zero-order valence-corrected chi connectivity index (χ0v) is 13.4. The van der Waals surface area contributed by atoms with Crippen molar-refractivity contribution < 1.29 is 9.53 Å². The van der Waals surface area contributed by atoms with E-state index in [4.69, 9.17) is 16.3 Å². The number of carbonyl (C=O) groups excluding carboxylic acids is 1. The number of halogens is 1. The van der Waals surface area contributed by atoms with Crippen LogP contribution in [0.3, 0.4) is 0 Å². The average Bonchev–Trinajstić information content (AvgIpc) is 3.32. The van der Waals surface area contributed by atoms with E-state index in [2.05, 4.69) is 10.2 Å². The molecule has 1 aromatic carbocycles. The summed E-state index contributed by atoms with van der Waals surface area (Å²) in [6.07, 6.45) is 2.17. The first-order valence-corrected chi connectivity index (χ1v) is 8.31. The summed E-state index contributed by atoms with van der Waals surface area (Å²) in [5.74, 6) is 0.512. The summed E-state index contributed by atoms with van der Waals surface area (Å²) >= 11 is 6.25. The van der Waals surface area contributed by atoms with Crippen molar-refractivity contribution >= 4 is 17.5 Å². The van der Waals surface area contributed by atoms with E-state index in [0.717, 1.165) is 11.3 Å². The van der Waals surface area contributed by atoms with E-state index in [9.17, 15) is 4.79 Å². The first-order chi connectivity index (χ1) is 11.2. The molecule has 6 heteroatoms. The Morgan fingerprint density at radius 1 is 1.35 bits per heavy atom. The molecule has 2 aromatic rings. The van der Waals surface area contributed by atoms with Crippen LogP contribution in [0.25, 0.3) is 0 Å². The molecule has 2 heterocycles. The van der Waals surface area contributed by atoms with Gasteiger partial charge in [0.15, 0.2) is 0 Å². The lowest BCUT2D eigenvalue weighted by Crippen LogP contribution is -2.42. The fourth-order valence-corrected chi connectivity index (χ4v) is 3.23. The highest BCUT2D eigenvalue weighted by molar-refractivity contribution is 6.31. The Bertz CT molecular complexity index is 726. The number of nitrogens with one attached hydrogen (secondary N) is 1. The minimum atomic E-state index is -0.191. The molecule has 120 valence electrons. The van der Waals surface area contributed by atoms with Gasteiger partial charge >= 0.3 is 0 Å². The maximum absolute atomic E-state index is 12.7. The van der Waals surface area contributed by atoms with Crippen LogP contribution < -0.4 is 0 Å². The van der Waals surface area contributed by atoms with Gasteiger partial charge in [-0.15, -0.1) is 0 Å². The molecule has 0 unspecified atom stereocenters. The van der Waals surface area contributed by atoms with Crippen molar-refractivity contribution in [2.24, 2.45) is 0 Å². The number of morpholine rings is 1. The van der Waals surface area contributed by atoms with Gasteiger partial charge in [-0.2, -0.15) is 5.10 Å². The monoisotopic (exact) mass is 331 g/mol. The minimum Gasteiger partial charge on any atom is -0.370 e. The van der Waals surface area contributed by atoms with Gasteiger partial charge in [0.2, 0.25) is 0 Å². The Hall–Kier alpha value is -1.85. The van der Waals surface area contributed by atoms with E-state index in [1.54, 1.807) is 4.90 Å². The molecule has 1 aromatic heterocycles. The van der Waals surface area contributed by atoms with Gasteiger partial charge < -0.3 is 9.64 Å². The Morgan fingerprint density at radius 3 is 2.96 bits per heavy atom. The summed E-state index contributed by atoms with van der Waals surface area (Å²) in [5, 5.41) is 7.84. The van der Waals surface area contributed by atoms with Gasteiger partial charge in [0.1, 0.15) is 11.8 Å². The molecule has 1 N–H and O–H groups in total. The second kappa shape index (κ2) is 5.98. The number of benzene rings is 1. The molecule has 1 atom stereocenters. The molecule has 1 aliphatic carbocycles. The predicted octanol–water partition coefficient (Wildman–Crippen LogP) is 3.15. The third-order valence-electron chi connectivity index (χ3n) is 4.44. The fraction of sp³-hybridized carbons (Fsp3) is 0.412. The lowest BCUT2D eigenvalue weighted by molar-refractivity contribution is -0.0229. The molecule has 0 radical (unpaired) electrons. The molecule has 2 fully saturated rings. The molecule has 4 rings (SSSR count). The van der Waals surface area contributed by atoms with E-state index < -0.39 is 0 Å². The normalized spacial score (nSPS) is 21.4. The summed E-state index contributed by atoms with van der Waals surface area (Å²) in [6, 6.07) is 9.50. The van der Waals surface area contributed by atoms with Crippen LogP contribution in [-0.4, -0.2) is 40.7 Å². The first-order valence-electron chi connectivity index (χ1n) is 7.93. The zero-order valence-electron chi connectivity index (χ0n) is 12.7. The van der Waals surface area contributed by atoms with Crippen LogP contribution in [0.1, 0.15) is 46.6 Å². The lowest BCUT2D eigenvalue weighted by atomic mass is 10.1. The van der Waals surface area contributed by atoms with Crippen molar-refractivity contribution in [3.63, 3.8) is 0 Å². The van der Waals surface area contributed by atoms with E-state index in [-0.39, 0.29) is 12.0 Å². The quantitative estimate of drug-likeness (QED) is 0.940. The Kier molecular flexibility index (Phi) is 3.83. The van der Waals surface area contributed by atoms with Crippen LogP contribution >= 0.6 is 11.6 Å². The molecule has 2 aliphatic rings. The largest absolute Gasteiger partial charge is 0.370 e. The summed E-state index contributed by atoms with van der Waals surface area (Å²) < 4.78 is 5.81. The highest BCUT2D eigenvalue weighted by atomic mass is 35.5. The molecule has 1 amide bonds. The van der Waals surface area contributed by atoms with Gasteiger partial charge in [0, 0.05) is 28.7 Å². The van der Waals surface area contributed by atoms with E-state index >= 15 is 0 Å². The Labute approximate surface area is 139 Å². The van der Waals surface area contributed by atoms with E-state index in [1.165, 1.54) is 12.8 Å². The average molecular weight is 332 g/mol. The Morgan fingerprint density at radius 2 is 2.17 bits per heavy atom. The highest BCUT2D eigenvalue weighted by Crippen LogP contribution is 2.39. The first kappa shape index (κ1) is 14.7. The summed E-state index contributed by atoms with van der Waals surface area (Å²) in [5.41, 5.74) is 2.49. The van der Waals surface area contributed by atoms with Gasteiger partial charge in [0.25, 0.3) is 5.91 Å². The van der Waals surface area contributed by atoms with Crippen molar-refractivity contribution in [1.29, 1.82) is 0 Å². The summed E-state index contributed by atoms with van der Waals surface area (Å²) in [6.45, 7) is 1.57. The summed E-state index contributed by atoms with van der Waals surface area (Å²) in [7, 11) is 0. The third kappa shape index (κ3) is 2.99. The van der Waals surface area contributed by atoms with Crippen LogP contribution in [-0.2, 0) is 4.74 Å². The van der Waals surface area contributed by atoms with Gasteiger partial charge in [0.05, 0.1) is 13.2 Å². The van der Waals surface area contributed by atoms with Crippen LogP contribution in [0.4, 0.5) is 0 Å². The maximum atomic E-state index is 12.7. The number of nitrogens with zero attached hydrogens (tertiary/aromatic N) is 2. The second-order valence-corrected chi connectivity index (χ2v) is 6.52. The number of aromatic amines is 1. The van der Waals surface area contributed by atoms with Gasteiger partial charge in [-0.25, -0.2) is 0 Å². The van der Waals surface area contributed by atoms with Crippen molar-refractivity contribution in [3.05, 3.63) is 52.3 Å². The maximum Gasteiger partial charge on any atom is 0.274 e. The standard InChI is InChI=1S/C17H18ClN3O2/c18-13-4-2-1-3-12(13)16-10-21(7-8-23-16)17(22)15-9-14(19-20-15)11-5-6-11/h1-4,9,11,16H,5-8,10H2,(H,19,20)/t16-/m0/s1. The number of hydrogen-bond donors (Lipinski definition) is 1. The smallest absolute Gasteiger partial charge is 0.274 e. The lowest BCUT2D eigenvalue weighted by Gasteiger charge is -2.33. The molecule has 1 saturated carbocycles. The molecule has 1 saturated heterocycles. The number of ether oxygens (including phenoxy) is 1. The number of H-pyrrole nitrogens is 1. The van der Waals surface area contributed by atoms with Crippen molar-refractivity contribution in [2.75, 3.05) is 19.7 Å². The zero-order chi connectivity index (χ0) is 15.8. The van der Waals surface area contributed by atoms with Crippen molar-refractivity contribution in [2.45, 2.75) is 24.9 Å². The number of rotatable bonds is 3. The number of amides is 1. The van der Waals surface area contributed by atoms with Gasteiger partial charge in [-0.05, 0) is 25.0 Å². The van der Waals surface area contributed by atoms with Crippen LogP contribution in [0, 0.1) is 0 Å². The second-order valence-electron chi connectivity index (χ2n) is 6.11. The molecular formula is C17H18ClN3O2. The molecule has 5 nitrogen and oxygen atoms in total. The van der Waals surface area contributed by atoms with Gasteiger partial charge in [-0.3, -0.25) is 9.89 Å². The molecule has 1 aliphatic heterocycles. The molecule has 23 heavy (non-hydrogen) atoms. The van der Waals surface area contributed by atoms with Crippen LogP contribution in [0.5, 0.6) is 0 Å². The molecule has 0 bridgehead atoms. The number of aromatic nitrogens is 2. The minimum absolute atomic E-state index is 0.0477. The van der Waals surface area contributed by atoms with Crippen LogP contribution in [0.2, 0.25) is 5.02 Å². The Balaban J connectivity index is 1.50. The fourth-order valence-electron chi connectivity index (χ4n) is 2.97. The van der Waals surface area contributed by atoms with Gasteiger partial charge in [-0.1, -0.05) is 29.8 Å². The highest BCUT2D eigenvalue weighted by Gasteiger charge is 2.30. The number of hydrogen-bond acceptors (Lipinski definition) is 3. The topological polar surface area (TPSA) is 58.2 Å².